The lowest BCUT2D eigenvalue weighted by Crippen LogP contribution is -2.47. The van der Waals surface area contributed by atoms with Gasteiger partial charge in [0.1, 0.15) is 0 Å². The molecule has 2 saturated carbocycles. The van der Waals surface area contributed by atoms with Crippen molar-refractivity contribution in [2.24, 2.45) is 11.8 Å². The van der Waals surface area contributed by atoms with Gasteiger partial charge in [0.05, 0.1) is 6.04 Å². The van der Waals surface area contributed by atoms with Crippen LogP contribution < -0.4 is 10.6 Å². The Balaban J connectivity index is 1.63. The van der Waals surface area contributed by atoms with Gasteiger partial charge < -0.3 is 10.6 Å². The molecule has 0 aromatic rings. The van der Waals surface area contributed by atoms with E-state index >= 15 is 0 Å². The smallest absolute Gasteiger partial charge is 0.237 e. The van der Waals surface area contributed by atoms with Gasteiger partial charge in [0.15, 0.2) is 0 Å². The lowest BCUT2D eigenvalue weighted by Gasteiger charge is -2.25. The van der Waals surface area contributed by atoms with E-state index in [4.69, 9.17) is 0 Å². The molecule has 2 aliphatic carbocycles. The summed E-state index contributed by atoms with van der Waals surface area (Å²) in [5.41, 5.74) is 0. The van der Waals surface area contributed by atoms with Crippen LogP contribution in [0.5, 0.6) is 0 Å². The van der Waals surface area contributed by atoms with Crippen LogP contribution in [0.25, 0.3) is 0 Å². The molecule has 0 aromatic carbocycles. The molecule has 2 rings (SSSR count). The van der Waals surface area contributed by atoms with Gasteiger partial charge in [0.25, 0.3) is 0 Å². The SMILES string of the molecule is CC(NCC(C)C1CC1)C(=O)NC1CCCCC1. The van der Waals surface area contributed by atoms with Gasteiger partial charge in [0.2, 0.25) is 5.91 Å². The molecule has 3 heteroatoms. The standard InChI is InChI=1S/C15H28N2O/c1-11(13-8-9-13)10-16-12(2)15(18)17-14-6-4-3-5-7-14/h11-14,16H,3-10H2,1-2H3,(H,17,18). The summed E-state index contributed by atoms with van der Waals surface area (Å²) in [4.78, 5) is 12.0. The summed E-state index contributed by atoms with van der Waals surface area (Å²) in [5.74, 6) is 1.81. The van der Waals surface area contributed by atoms with Crippen LogP contribution in [0.3, 0.4) is 0 Å². The third-order valence-corrected chi connectivity index (χ3v) is 4.52. The lowest BCUT2D eigenvalue weighted by molar-refractivity contribution is -0.123. The fourth-order valence-electron chi connectivity index (χ4n) is 2.86. The Labute approximate surface area is 111 Å². The van der Waals surface area contributed by atoms with Gasteiger partial charge in [-0.2, -0.15) is 0 Å². The molecule has 0 aromatic heterocycles. The summed E-state index contributed by atoms with van der Waals surface area (Å²) in [7, 11) is 0. The topological polar surface area (TPSA) is 41.1 Å². The Kier molecular flexibility index (Phi) is 5.04. The van der Waals surface area contributed by atoms with E-state index in [9.17, 15) is 4.79 Å². The normalized spacial score (nSPS) is 24.6. The summed E-state index contributed by atoms with van der Waals surface area (Å²) in [6.07, 6.45) is 8.96. The predicted octanol–water partition coefficient (Wildman–Crippen LogP) is 2.46. The van der Waals surface area contributed by atoms with E-state index in [1.165, 1.54) is 32.1 Å². The van der Waals surface area contributed by atoms with E-state index in [-0.39, 0.29) is 11.9 Å². The number of carbonyl (C=O) groups is 1. The Bertz CT molecular complexity index is 270. The van der Waals surface area contributed by atoms with E-state index in [0.29, 0.717) is 6.04 Å². The number of rotatable bonds is 6. The molecule has 0 spiro atoms. The first-order chi connectivity index (χ1) is 8.66. The number of hydrogen-bond donors (Lipinski definition) is 2. The minimum absolute atomic E-state index is 0.0480. The molecule has 0 radical (unpaired) electrons. The molecule has 0 bridgehead atoms. The van der Waals surface area contributed by atoms with Gasteiger partial charge in [-0.1, -0.05) is 26.2 Å². The average Bonchev–Trinajstić information content (AvgIpc) is 3.21. The van der Waals surface area contributed by atoms with Crippen LogP contribution >= 0.6 is 0 Å². The Morgan fingerprint density at radius 3 is 2.39 bits per heavy atom. The molecule has 104 valence electrons. The van der Waals surface area contributed by atoms with Crippen molar-refractivity contribution in [1.29, 1.82) is 0 Å². The first kappa shape index (κ1) is 13.9. The number of carbonyl (C=O) groups excluding carboxylic acids is 1. The van der Waals surface area contributed by atoms with Crippen molar-refractivity contribution in [2.75, 3.05) is 6.54 Å². The monoisotopic (exact) mass is 252 g/mol. The maximum absolute atomic E-state index is 12.0. The highest BCUT2D eigenvalue weighted by atomic mass is 16.2. The molecule has 18 heavy (non-hydrogen) atoms. The Hall–Kier alpha value is -0.570. The summed E-state index contributed by atoms with van der Waals surface area (Å²) >= 11 is 0. The molecule has 2 atom stereocenters. The van der Waals surface area contributed by atoms with Crippen LogP contribution in [0, 0.1) is 11.8 Å². The van der Waals surface area contributed by atoms with Crippen LogP contribution in [-0.2, 0) is 4.79 Å². The van der Waals surface area contributed by atoms with Crippen molar-refractivity contribution < 1.29 is 4.79 Å². The van der Waals surface area contributed by atoms with Crippen LogP contribution in [0.15, 0.2) is 0 Å². The third-order valence-electron chi connectivity index (χ3n) is 4.52. The van der Waals surface area contributed by atoms with Crippen LogP contribution in [0.2, 0.25) is 0 Å². The molecule has 2 fully saturated rings. The van der Waals surface area contributed by atoms with Crippen molar-refractivity contribution in [2.45, 2.75) is 70.9 Å². The van der Waals surface area contributed by atoms with Gasteiger partial charge in [-0.05, 0) is 51.0 Å². The Morgan fingerprint density at radius 1 is 1.11 bits per heavy atom. The van der Waals surface area contributed by atoms with Crippen molar-refractivity contribution >= 4 is 5.91 Å². The molecular weight excluding hydrogens is 224 g/mol. The molecule has 2 N–H and O–H groups in total. The predicted molar refractivity (Wildman–Crippen MR) is 74.4 cm³/mol. The molecule has 0 aliphatic heterocycles. The molecule has 3 nitrogen and oxygen atoms in total. The summed E-state index contributed by atoms with van der Waals surface area (Å²) < 4.78 is 0. The second-order valence-electron chi connectivity index (χ2n) is 6.29. The summed E-state index contributed by atoms with van der Waals surface area (Å²) in [5, 5.41) is 6.57. The highest BCUT2D eigenvalue weighted by Crippen LogP contribution is 2.36. The third kappa shape index (κ3) is 4.27. The molecule has 0 saturated heterocycles. The van der Waals surface area contributed by atoms with Crippen molar-refractivity contribution in [1.82, 2.24) is 10.6 Å². The number of hydrogen-bond acceptors (Lipinski definition) is 2. The number of nitrogens with one attached hydrogen (secondary N) is 2. The van der Waals surface area contributed by atoms with Crippen LogP contribution in [0.4, 0.5) is 0 Å². The van der Waals surface area contributed by atoms with Crippen LogP contribution in [0.1, 0.15) is 58.8 Å². The average molecular weight is 252 g/mol. The maximum Gasteiger partial charge on any atom is 0.237 e. The summed E-state index contributed by atoms with van der Waals surface area (Å²) in [6.45, 7) is 5.25. The molecule has 1 amide bonds. The highest BCUT2D eigenvalue weighted by Gasteiger charge is 2.28. The molecule has 2 unspecified atom stereocenters. The first-order valence-electron chi connectivity index (χ1n) is 7.70. The van der Waals surface area contributed by atoms with Gasteiger partial charge in [-0.3, -0.25) is 4.79 Å². The molecule has 2 aliphatic rings. The zero-order valence-electron chi connectivity index (χ0n) is 11.9. The van der Waals surface area contributed by atoms with Crippen LogP contribution in [-0.4, -0.2) is 24.5 Å². The zero-order valence-corrected chi connectivity index (χ0v) is 11.9. The van der Waals surface area contributed by atoms with Gasteiger partial charge in [0, 0.05) is 6.04 Å². The second kappa shape index (κ2) is 6.55. The van der Waals surface area contributed by atoms with E-state index in [0.717, 1.165) is 31.2 Å². The second-order valence-corrected chi connectivity index (χ2v) is 6.29. The van der Waals surface area contributed by atoms with Gasteiger partial charge >= 0.3 is 0 Å². The van der Waals surface area contributed by atoms with E-state index in [1.54, 1.807) is 0 Å². The highest BCUT2D eigenvalue weighted by molar-refractivity contribution is 5.81. The quantitative estimate of drug-likeness (QED) is 0.762. The van der Waals surface area contributed by atoms with E-state index in [1.807, 2.05) is 6.92 Å². The van der Waals surface area contributed by atoms with Gasteiger partial charge in [-0.15, -0.1) is 0 Å². The largest absolute Gasteiger partial charge is 0.352 e. The molecule has 0 heterocycles. The Morgan fingerprint density at radius 2 is 1.78 bits per heavy atom. The van der Waals surface area contributed by atoms with Crippen molar-refractivity contribution in [3.8, 4) is 0 Å². The van der Waals surface area contributed by atoms with E-state index < -0.39 is 0 Å². The number of amides is 1. The van der Waals surface area contributed by atoms with Crippen molar-refractivity contribution in [3.05, 3.63) is 0 Å². The fraction of sp³-hybridized carbons (Fsp3) is 0.933. The molecular formula is C15H28N2O. The zero-order chi connectivity index (χ0) is 13.0. The summed E-state index contributed by atoms with van der Waals surface area (Å²) in [6, 6.07) is 0.379. The van der Waals surface area contributed by atoms with Crippen molar-refractivity contribution in [3.63, 3.8) is 0 Å². The van der Waals surface area contributed by atoms with E-state index in [2.05, 4.69) is 17.6 Å². The fourth-order valence-corrected chi connectivity index (χ4v) is 2.86. The maximum atomic E-state index is 12.0. The first-order valence-corrected chi connectivity index (χ1v) is 7.70. The lowest BCUT2D eigenvalue weighted by atomic mass is 9.95. The minimum atomic E-state index is -0.0480. The van der Waals surface area contributed by atoms with Gasteiger partial charge in [-0.25, -0.2) is 0 Å². The minimum Gasteiger partial charge on any atom is -0.352 e.